The Morgan fingerprint density at radius 1 is 1.64 bits per heavy atom. The monoisotopic (exact) mass is 190 g/mol. The molecule has 1 aliphatic heterocycles. The molecule has 2 aliphatic rings. The highest BCUT2D eigenvalue weighted by Crippen LogP contribution is 2.55. The molecule has 3 nitrogen and oxygen atoms in total. The molecule has 1 fully saturated rings. The van der Waals surface area contributed by atoms with Crippen LogP contribution in [0.5, 0.6) is 0 Å². The van der Waals surface area contributed by atoms with Gasteiger partial charge in [0.15, 0.2) is 0 Å². The molecule has 0 aromatic carbocycles. The van der Waals surface area contributed by atoms with E-state index in [1.165, 1.54) is 11.1 Å². The van der Waals surface area contributed by atoms with E-state index in [4.69, 9.17) is 0 Å². The summed E-state index contributed by atoms with van der Waals surface area (Å²) in [7, 11) is 0. The zero-order valence-corrected chi connectivity index (χ0v) is 8.20. The molecule has 2 N–H and O–H groups in total. The predicted octanol–water partition coefficient (Wildman–Crippen LogP) is 1.49. The van der Waals surface area contributed by atoms with E-state index in [0.717, 1.165) is 18.7 Å². The average Bonchev–Trinajstić information content (AvgIpc) is 2.97. The smallest absolute Gasteiger partial charge is 0.131 e. The number of rotatable bonds is 1. The van der Waals surface area contributed by atoms with E-state index in [9.17, 15) is 5.11 Å². The molecule has 1 aromatic rings. The molecule has 1 saturated carbocycles. The summed E-state index contributed by atoms with van der Waals surface area (Å²) >= 11 is 0. The van der Waals surface area contributed by atoms with Crippen LogP contribution in [0, 0.1) is 5.92 Å². The first-order valence-corrected chi connectivity index (χ1v) is 5.23. The van der Waals surface area contributed by atoms with Crippen molar-refractivity contribution in [3.8, 4) is 0 Å². The highest BCUT2D eigenvalue weighted by Gasteiger charge is 2.49. The van der Waals surface area contributed by atoms with Gasteiger partial charge in [-0.3, -0.25) is 0 Å². The first-order valence-electron chi connectivity index (χ1n) is 5.23. The van der Waals surface area contributed by atoms with Crippen molar-refractivity contribution < 1.29 is 5.11 Å². The van der Waals surface area contributed by atoms with E-state index in [2.05, 4.69) is 23.3 Å². The molecule has 1 aromatic heterocycles. The van der Waals surface area contributed by atoms with E-state index >= 15 is 0 Å². The minimum atomic E-state index is -0.382. The summed E-state index contributed by atoms with van der Waals surface area (Å²) in [6, 6.07) is 2.09. The van der Waals surface area contributed by atoms with Crippen molar-refractivity contribution in [2.75, 3.05) is 5.32 Å². The second kappa shape index (κ2) is 2.70. The van der Waals surface area contributed by atoms with Crippen molar-refractivity contribution in [2.45, 2.75) is 31.9 Å². The first kappa shape index (κ1) is 8.24. The van der Waals surface area contributed by atoms with E-state index in [0.29, 0.717) is 11.8 Å². The van der Waals surface area contributed by atoms with Gasteiger partial charge in [-0.25, -0.2) is 4.98 Å². The summed E-state index contributed by atoms with van der Waals surface area (Å²) < 4.78 is 0. The van der Waals surface area contributed by atoms with Crippen LogP contribution in [0.25, 0.3) is 0 Å². The lowest BCUT2D eigenvalue weighted by atomic mass is 9.98. The number of aliphatic hydroxyl groups excluding tert-OH is 1. The lowest BCUT2D eigenvalue weighted by Crippen LogP contribution is -2.27. The molecule has 0 amide bonds. The maximum absolute atomic E-state index is 9.68. The van der Waals surface area contributed by atoms with Crippen LogP contribution in [0.4, 0.5) is 5.82 Å². The summed E-state index contributed by atoms with van der Waals surface area (Å²) in [5.74, 6) is 1.89. The van der Waals surface area contributed by atoms with E-state index in [1.54, 1.807) is 0 Å². The second-order valence-electron chi connectivity index (χ2n) is 4.18. The van der Waals surface area contributed by atoms with Gasteiger partial charge in [0.05, 0.1) is 0 Å². The zero-order valence-electron chi connectivity index (χ0n) is 8.20. The predicted molar refractivity (Wildman–Crippen MR) is 54.1 cm³/mol. The molecule has 0 saturated heterocycles. The van der Waals surface area contributed by atoms with Crippen LogP contribution in [0.2, 0.25) is 0 Å². The fourth-order valence-corrected chi connectivity index (χ4v) is 2.49. The Bertz CT molecular complexity index is 378. The molecule has 74 valence electrons. The van der Waals surface area contributed by atoms with Crippen molar-refractivity contribution in [1.82, 2.24) is 4.98 Å². The Labute approximate surface area is 83.2 Å². The molecule has 14 heavy (non-hydrogen) atoms. The average molecular weight is 190 g/mol. The van der Waals surface area contributed by atoms with Crippen LogP contribution < -0.4 is 5.32 Å². The largest absolute Gasteiger partial charge is 0.373 e. The maximum Gasteiger partial charge on any atom is 0.131 e. The fraction of sp³-hybridized carbons (Fsp3) is 0.545. The zero-order chi connectivity index (χ0) is 9.71. The highest BCUT2D eigenvalue weighted by atomic mass is 16.3. The van der Waals surface area contributed by atoms with Crippen molar-refractivity contribution in [2.24, 2.45) is 5.92 Å². The van der Waals surface area contributed by atoms with Crippen LogP contribution in [0.1, 0.15) is 30.4 Å². The standard InChI is InChI=1S/C11H14N2O/c1-2-6-3-4-12-10-9(6)7-5-8(7)11(14)13-10/h3-4,7-8,11,14H,2,5H2,1H3,(H,12,13). The maximum atomic E-state index is 9.68. The van der Waals surface area contributed by atoms with Crippen molar-refractivity contribution in [1.29, 1.82) is 0 Å². The van der Waals surface area contributed by atoms with Gasteiger partial charge in [-0.2, -0.15) is 0 Å². The molecule has 0 radical (unpaired) electrons. The number of aliphatic hydroxyl groups is 1. The topological polar surface area (TPSA) is 45.2 Å². The highest BCUT2D eigenvalue weighted by molar-refractivity contribution is 5.56. The van der Waals surface area contributed by atoms with E-state index in [1.807, 2.05) is 6.20 Å². The number of hydrogen-bond donors (Lipinski definition) is 2. The Hall–Kier alpha value is -1.09. The van der Waals surface area contributed by atoms with Crippen LogP contribution in [0.3, 0.4) is 0 Å². The summed E-state index contributed by atoms with van der Waals surface area (Å²) in [4.78, 5) is 4.28. The SMILES string of the molecule is CCc1ccnc2c1C1CC1C(O)N2. The van der Waals surface area contributed by atoms with Crippen molar-refractivity contribution in [3.05, 3.63) is 23.4 Å². The molecule has 3 rings (SSSR count). The third kappa shape index (κ3) is 0.989. The summed E-state index contributed by atoms with van der Waals surface area (Å²) in [6.07, 6.45) is 3.60. The molecule has 0 spiro atoms. The Morgan fingerprint density at radius 3 is 3.29 bits per heavy atom. The number of nitrogens with zero attached hydrogens (tertiary/aromatic N) is 1. The summed E-state index contributed by atoms with van der Waals surface area (Å²) in [5, 5.41) is 12.7. The van der Waals surface area contributed by atoms with Gasteiger partial charge in [0.1, 0.15) is 12.0 Å². The van der Waals surface area contributed by atoms with Gasteiger partial charge in [0.2, 0.25) is 0 Å². The van der Waals surface area contributed by atoms with E-state index in [-0.39, 0.29) is 6.23 Å². The Morgan fingerprint density at radius 2 is 2.50 bits per heavy atom. The number of pyridine rings is 1. The number of anilines is 1. The van der Waals surface area contributed by atoms with Crippen LogP contribution in [-0.2, 0) is 6.42 Å². The third-order valence-electron chi connectivity index (χ3n) is 3.36. The number of nitrogens with one attached hydrogen (secondary N) is 1. The lowest BCUT2D eigenvalue weighted by molar-refractivity contribution is 0.173. The minimum absolute atomic E-state index is 0.382. The minimum Gasteiger partial charge on any atom is -0.373 e. The molecule has 3 unspecified atom stereocenters. The third-order valence-corrected chi connectivity index (χ3v) is 3.36. The molecule has 0 bridgehead atoms. The van der Waals surface area contributed by atoms with Gasteiger partial charge in [0.25, 0.3) is 0 Å². The van der Waals surface area contributed by atoms with Gasteiger partial charge < -0.3 is 10.4 Å². The van der Waals surface area contributed by atoms with E-state index < -0.39 is 0 Å². The van der Waals surface area contributed by atoms with Crippen LogP contribution in [0.15, 0.2) is 12.3 Å². The molecule has 3 atom stereocenters. The van der Waals surface area contributed by atoms with Crippen LogP contribution in [-0.4, -0.2) is 16.3 Å². The fourth-order valence-electron chi connectivity index (χ4n) is 2.49. The quantitative estimate of drug-likeness (QED) is 0.705. The molecular formula is C11H14N2O. The van der Waals surface area contributed by atoms with Crippen LogP contribution >= 0.6 is 0 Å². The Balaban J connectivity index is 2.11. The van der Waals surface area contributed by atoms with Gasteiger partial charge in [-0.1, -0.05) is 6.92 Å². The van der Waals surface area contributed by atoms with Gasteiger partial charge in [0, 0.05) is 17.7 Å². The molecule has 3 heteroatoms. The van der Waals surface area contributed by atoms with Gasteiger partial charge in [-0.15, -0.1) is 0 Å². The van der Waals surface area contributed by atoms with Gasteiger partial charge >= 0.3 is 0 Å². The molecule has 2 heterocycles. The van der Waals surface area contributed by atoms with Crippen molar-refractivity contribution in [3.63, 3.8) is 0 Å². The Kier molecular flexibility index (Phi) is 1.59. The number of hydrogen-bond acceptors (Lipinski definition) is 3. The summed E-state index contributed by atoms with van der Waals surface area (Å²) in [6.45, 7) is 2.16. The number of fused-ring (bicyclic) bond motifs is 3. The molecule has 1 aliphatic carbocycles. The first-order chi connectivity index (χ1) is 6.81. The van der Waals surface area contributed by atoms with Crippen molar-refractivity contribution >= 4 is 5.82 Å². The second-order valence-corrected chi connectivity index (χ2v) is 4.18. The molecular weight excluding hydrogens is 176 g/mol. The number of aromatic nitrogens is 1. The lowest BCUT2D eigenvalue weighted by Gasteiger charge is -2.23. The number of aryl methyl sites for hydroxylation is 1. The van der Waals surface area contributed by atoms with Gasteiger partial charge in [-0.05, 0) is 30.4 Å². The summed E-state index contributed by atoms with van der Waals surface area (Å²) in [5.41, 5.74) is 2.73. The normalized spacial score (nSPS) is 32.9.